The first-order valence-corrected chi connectivity index (χ1v) is 31.5. The van der Waals surface area contributed by atoms with Gasteiger partial charge in [-0.05, 0) is 73.8 Å². The first-order chi connectivity index (χ1) is 39.5. The van der Waals surface area contributed by atoms with E-state index in [4.69, 9.17) is 75.8 Å². The number of amides is 1. The van der Waals surface area contributed by atoms with Gasteiger partial charge in [-0.15, -0.1) is 0 Å². The number of carbonyl (C=O) groups is 2. The molecule has 0 aliphatic carbocycles. The lowest BCUT2D eigenvalue weighted by Gasteiger charge is -2.54. The van der Waals surface area contributed by atoms with Gasteiger partial charge < -0.3 is 86.2 Å². The van der Waals surface area contributed by atoms with E-state index in [2.05, 4.69) is 52.7 Å². The van der Waals surface area contributed by atoms with E-state index in [0.717, 1.165) is 49.7 Å². The van der Waals surface area contributed by atoms with Crippen molar-refractivity contribution in [2.75, 3.05) is 13.2 Å². The number of aliphatic hydroxyl groups excluding tert-OH is 1. The van der Waals surface area contributed by atoms with Crippen LogP contribution in [0.5, 0.6) is 0 Å². The minimum atomic E-state index is -0.940. The summed E-state index contributed by atoms with van der Waals surface area (Å²) >= 11 is 0. The van der Waals surface area contributed by atoms with Crippen molar-refractivity contribution >= 4 is 12.1 Å². The topological polar surface area (TPSA) is 214 Å². The lowest BCUT2D eigenvalue weighted by molar-refractivity contribution is -0.370. The first-order valence-electron chi connectivity index (χ1n) is 31.5. The lowest BCUT2D eigenvalue weighted by Crippen LogP contribution is -2.63. The monoisotopic (exact) mass is 1150 g/mol. The summed E-state index contributed by atoms with van der Waals surface area (Å²) in [7, 11) is 0. The largest absolute Gasteiger partial charge is 0.459 e. The molecule has 31 unspecified atom stereocenters. The van der Waals surface area contributed by atoms with Crippen molar-refractivity contribution in [2.24, 2.45) is 23.7 Å². The van der Waals surface area contributed by atoms with Crippen molar-refractivity contribution in [3.8, 4) is 0 Å². The molecule has 1 amide bonds. The van der Waals surface area contributed by atoms with Crippen LogP contribution in [-0.2, 0) is 80.6 Å². The molecule has 0 aromatic heterocycles. The van der Waals surface area contributed by atoms with Gasteiger partial charge in [0.15, 0.2) is 17.4 Å². The fraction of sp³-hybridized carbons (Fsp3) is 0.871. The minimum absolute atomic E-state index is 0.0116. The zero-order valence-corrected chi connectivity index (χ0v) is 48.1. The third kappa shape index (κ3) is 9.91. The van der Waals surface area contributed by atoms with Crippen LogP contribution in [0.4, 0.5) is 4.79 Å². The van der Waals surface area contributed by atoms with Crippen LogP contribution >= 0.6 is 0 Å². The minimum Gasteiger partial charge on any atom is -0.459 e. The highest BCUT2D eigenvalue weighted by Gasteiger charge is 2.70. The van der Waals surface area contributed by atoms with Crippen LogP contribution in [0.1, 0.15) is 137 Å². The normalized spacial score (nSPS) is 55.6. The second-order valence-corrected chi connectivity index (χ2v) is 27.7. The predicted octanol–water partition coefficient (Wildman–Crippen LogP) is 6.09. The molecule has 0 aromatic carbocycles. The van der Waals surface area contributed by atoms with Gasteiger partial charge in [-0.3, -0.25) is 4.79 Å². The molecule has 20 nitrogen and oxygen atoms in total. The molecule has 31 atom stereocenters. The molecule has 12 bridgehead atoms. The van der Waals surface area contributed by atoms with Gasteiger partial charge in [0.25, 0.3) is 0 Å². The number of aliphatic hydroxyl groups is 1. The lowest BCUT2D eigenvalue weighted by atomic mass is 9.78. The Labute approximate surface area is 480 Å². The van der Waals surface area contributed by atoms with Crippen LogP contribution in [0.25, 0.3) is 0 Å². The maximum atomic E-state index is 14.6. The van der Waals surface area contributed by atoms with Crippen molar-refractivity contribution < 1.29 is 90.5 Å². The van der Waals surface area contributed by atoms with E-state index in [-0.39, 0.29) is 147 Å². The second-order valence-electron chi connectivity index (χ2n) is 27.7. The first kappa shape index (κ1) is 55.9. The zero-order valence-electron chi connectivity index (χ0n) is 48.1. The summed E-state index contributed by atoms with van der Waals surface area (Å²) in [6.45, 7) is 21.6. The molecule has 16 fully saturated rings. The summed E-state index contributed by atoms with van der Waals surface area (Å²) in [4.78, 5) is 26.8. The molecule has 0 radical (unpaired) electrons. The highest BCUT2D eigenvalue weighted by molar-refractivity contribution is 5.70. The van der Waals surface area contributed by atoms with Crippen molar-refractivity contribution in [3.05, 3.63) is 37.0 Å². The molecule has 3 spiro atoms. The van der Waals surface area contributed by atoms with E-state index in [1.165, 1.54) is 6.08 Å². The number of nitrogens with one attached hydrogen (secondary N) is 1. The number of ether oxygens (including phenoxy) is 16. The molecule has 82 heavy (non-hydrogen) atoms. The Kier molecular flexibility index (Phi) is 14.5. The smallest absolute Gasteiger partial charge is 0.407 e. The summed E-state index contributed by atoms with van der Waals surface area (Å²) in [6, 6.07) is 0. The molecule has 454 valence electrons. The van der Waals surface area contributed by atoms with Crippen molar-refractivity contribution in [2.45, 2.75) is 301 Å². The van der Waals surface area contributed by atoms with E-state index in [1.807, 2.05) is 0 Å². The SMILES string of the molecule is C=CCOC(=O)NCC1OC2C(C)CC3(CC(C)C4OC5(CC6OC7C(CC6O5)OC5CC6OC(CCC8OC(CCC9%10CC%11OC%12C(OC%13CCC(CC(=O)OC5C7C)OC%13C%12O9)C%11O%10)CC8=C)CC(C)C6=C)CC4O3)OC2CC1O. The number of rotatable bonds is 4. The van der Waals surface area contributed by atoms with Crippen LogP contribution in [0, 0.1) is 23.7 Å². The van der Waals surface area contributed by atoms with Gasteiger partial charge in [-0.1, -0.05) is 53.5 Å². The quantitative estimate of drug-likeness (QED) is 0.241. The predicted molar refractivity (Wildman–Crippen MR) is 286 cm³/mol. The highest BCUT2D eigenvalue weighted by atomic mass is 16.8. The number of hydrogen-bond donors (Lipinski definition) is 2. The van der Waals surface area contributed by atoms with Gasteiger partial charge >= 0.3 is 12.1 Å². The number of fused-ring (bicyclic) bond motifs is 10. The van der Waals surface area contributed by atoms with Crippen LogP contribution in [0.3, 0.4) is 0 Å². The fourth-order valence-electron chi connectivity index (χ4n) is 18.2. The van der Waals surface area contributed by atoms with Crippen LogP contribution < -0.4 is 5.32 Å². The molecular formula is C62H87NO19. The van der Waals surface area contributed by atoms with Crippen molar-refractivity contribution in [1.82, 2.24) is 5.32 Å². The molecular weight excluding hydrogens is 1060 g/mol. The van der Waals surface area contributed by atoms with Crippen LogP contribution in [0.2, 0.25) is 0 Å². The molecule has 2 N–H and O–H groups in total. The van der Waals surface area contributed by atoms with Crippen LogP contribution in [-0.4, -0.2) is 194 Å². The summed E-state index contributed by atoms with van der Waals surface area (Å²) in [6.07, 6.45) is 3.45. The maximum Gasteiger partial charge on any atom is 0.407 e. The molecule has 0 aromatic rings. The molecule has 20 heteroatoms. The fourth-order valence-corrected chi connectivity index (χ4v) is 18.2. The molecule has 16 heterocycles. The summed E-state index contributed by atoms with van der Waals surface area (Å²) < 4.78 is 109. The molecule has 16 aliphatic heterocycles. The zero-order chi connectivity index (χ0) is 56.1. The number of alkyl carbamates (subject to hydrolysis) is 1. The van der Waals surface area contributed by atoms with Gasteiger partial charge in [0.1, 0.15) is 49.3 Å². The van der Waals surface area contributed by atoms with E-state index >= 15 is 0 Å². The van der Waals surface area contributed by atoms with E-state index in [1.54, 1.807) is 0 Å². The third-order valence-corrected chi connectivity index (χ3v) is 22.0. The van der Waals surface area contributed by atoms with Gasteiger partial charge in [-0.2, -0.15) is 0 Å². The Balaban J connectivity index is 0.641. The molecule has 16 rings (SSSR count). The Morgan fingerprint density at radius 1 is 0.573 bits per heavy atom. The van der Waals surface area contributed by atoms with E-state index < -0.39 is 72.3 Å². The second kappa shape index (κ2) is 21.3. The molecule has 0 saturated carbocycles. The standard InChI is InChI=1S/C62H87NO19/c1-8-15-67-59(66)63-27-48-37(64)19-44-50(75-48)30(4)22-61(78-44)23-31(5)51-47(79-61)26-62(80-51)24-45-41(77-62)21-43-52(73-45)33(7)53-42(71-43)20-40-32(6)28(2)16-34(69-40)9-11-38-29(3)17-36(68-38)13-14-60-25-46-55(81-60)56-57(74-46)58(82-60)54-39(72-56)12-10-35(70-54)18-49(65)76-53/h8,28,30-31,33-48,50-58,64H,1,3,6,9-27H2,2,4-5,7H3,(H,63,66). The number of carbonyl (C=O) groups excluding carboxylic acids is 2. The van der Waals surface area contributed by atoms with Gasteiger partial charge in [0.2, 0.25) is 0 Å². The average molecular weight is 1150 g/mol. The molecule has 16 aliphatic rings. The maximum absolute atomic E-state index is 14.6. The molecule has 16 saturated heterocycles. The van der Waals surface area contributed by atoms with Gasteiger partial charge in [0.05, 0.1) is 110 Å². The van der Waals surface area contributed by atoms with Gasteiger partial charge in [-0.25, -0.2) is 4.79 Å². The Morgan fingerprint density at radius 2 is 1.26 bits per heavy atom. The van der Waals surface area contributed by atoms with Crippen LogP contribution in [0.15, 0.2) is 37.0 Å². The summed E-state index contributed by atoms with van der Waals surface area (Å²) in [5.41, 5.74) is 2.15. The summed E-state index contributed by atoms with van der Waals surface area (Å²) in [5.74, 6) is -2.92. The Bertz CT molecular complexity index is 2480. The van der Waals surface area contributed by atoms with Crippen molar-refractivity contribution in [1.29, 1.82) is 0 Å². The highest BCUT2D eigenvalue weighted by Crippen LogP contribution is 2.58. The average Bonchev–Trinajstić information content (AvgIpc) is 2.69. The third-order valence-electron chi connectivity index (χ3n) is 22.0. The van der Waals surface area contributed by atoms with Gasteiger partial charge in [0, 0.05) is 70.3 Å². The Hall–Kier alpha value is -2.64. The Morgan fingerprint density at radius 3 is 2.11 bits per heavy atom. The number of hydrogen-bond acceptors (Lipinski definition) is 19. The van der Waals surface area contributed by atoms with E-state index in [0.29, 0.717) is 64.2 Å². The summed E-state index contributed by atoms with van der Waals surface area (Å²) in [5, 5.41) is 13.9. The van der Waals surface area contributed by atoms with Crippen molar-refractivity contribution in [3.63, 3.8) is 0 Å². The van der Waals surface area contributed by atoms with E-state index in [9.17, 15) is 14.7 Å². The number of esters is 1.